The van der Waals surface area contributed by atoms with Crippen LogP contribution in [0.3, 0.4) is 0 Å². The van der Waals surface area contributed by atoms with Crippen LogP contribution in [-0.2, 0) is 12.7 Å². The van der Waals surface area contributed by atoms with E-state index >= 15 is 0 Å². The molecule has 0 amide bonds. The fraction of sp³-hybridized carbons (Fsp3) is 0.176. The Morgan fingerprint density at radius 2 is 1.85 bits per heavy atom. The van der Waals surface area contributed by atoms with E-state index in [0.29, 0.717) is 23.6 Å². The van der Waals surface area contributed by atoms with E-state index in [2.05, 4.69) is 15.8 Å². The van der Waals surface area contributed by atoms with Crippen molar-refractivity contribution in [2.24, 2.45) is 5.10 Å². The Kier molecular flexibility index (Phi) is 5.27. The summed E-state index contributed by atoms with van der Waals surface area (Å²) in [6.07, 6.45) is -2.97. The van der Waals surface area contributed by atoms with Crippen molar-refractivity contribution in [3.8, 4) is 11.5 Å². The Hall–Kier alpha value is -2.81. The lowest BCUT2D eigenvalue weighted by atomic mass is 10.1. The maximum Gasteiger partial charge on any atom is 0.416 e. The van der Waals surface area contributed by atoms with Gasteiger partial charge in [0, 0.05) is 6.54 Å². The van der Waals surface area contributed by atoms with Crippen LogP contribution in [0.5, 0.6) is 11.5 Å². The lowest BCUT2D eigenvalue weighted by Crippen LogP contribution is -2.31. The van der Waals surface area contributed by atoms with Gasteiger partial charge in [-0.1, -0.05) is 18.2 Å². The topological polar surface area (TPSA) is 54.9 Å². The number of benzene rings is 2. The molecule has 0 saturated carbocycles. The molecule has 2 N–H and O–H groups in total. The van der Waals surface area contributed by atoms with Crippen LogP contribution >= 0.6 is 12.2 Å². The number of rotatable bonds is 4. The number of hydrogen-bond acceptors (Lipinski definition) is 4. The van der Waals surface area contributed by atoms with Gasteiger partial charge < -0.3 is 14.8 Å². The van der Waals surface area contributed by atoms with Gasteiger partial charge in [-0.25, -0.2) is 0 Å². The van der Waals surface area contributed by atoms with Crippen molar-refractivity contribution in [3.63, 3.8) is 0 Å². The molecule has 2 aromatic rings. The number of thiocarbonyl (C=S) groups is 1. The molecule has 0 bridgehead atoms. The quantitative estimate of drug-likeness (QED) is 0.483. The van der Waals surface area contributed by atoms with E-state index in [1.807, 2.05) is 18.2 Å². The van der Waals surface area contributed by atoms with Gasteiger partial charge in [0.1, 0.15) is 0 Å². The van der Waals surface area contributed by atoms with Gasteiger partial charge in [-0.05, 0) is 47.6 Å². The van der Waals surface area contributed by atoms with Crippen molar-refractivity contribution in [3.05, 3.63) is 59.2 Å². The van der Waals surface area contributed by atoms with Gasteiger partial charge in [-0.3, -0.25) is 5.43 Å². The second-order valence-corrected chi connectivity index (χ2v) is 5.77. The minimum atomic E-state index is -4.35. The predicted octanol–water partition coefficient (Wildman–Crippen LogP) is 3.43. The molecule has 9 heteroatoms. The van der Waals surface area contributed by atoms with Crippen molar-refractivity contribution in [1.82, 2.24) is 10.7 Å². The Balaban J connectivity index is 1.47. The van der Waals surface area contributed by atoms with Crippen molar-refractivity contribution >= 4 is 23.5 Å². The summed E-state index contributed by atoms with van der Waals surface area (Å²) >= 11 is 5.10. The second-order valence-electron chi connectivity index (χ2n) is 5.36. The lowest BCUT2D eigenvalue weighted by molar-refractivity contribution is -0.137. The molecule has 0 spiro atoms. The minimum Gasteiger partial charge on any atom is -0.454 e. The molecule has 0 aromatic heterocycles. The monoisotopic (exact) mass is 381 g/mol. The summed E-state index contributed by atoms with van der Waals surface area (Å²) in [5.41, 5.74) is 3.37. The van der Waals surface area contributed by atoms with E-state index in [1.54, 1.807) is 0 Å². The predicted molar refractivity (Wildman–Crippen MR) is 94.2 cm³/mol. The summed E-state index contributed by atoms with van der Waals surface area (Å²) in [5, 5.41) is 7.15. The summed E-state index contributed by atoms with van der Waals surface area (Å²) in [6.45, 7) is 0.670. The zero-order valence-corrected chi connectivity index (χ0v) is 14.2. The van der Waals surface area contributed by atoms with E-state index in [-0.39, 0.29) is 11.9 Å². The Morgan fingerprint density at radius 1 is 1.12 bits per heavy atom. The highest BCUT2D eigenvalue weighted by Gasteiger charge is 2.29. The Bertz CT molecular complexity index is 823. The molecule has 136 valence electrons. The maximum absolute atomic E-state index is 12.5. The molecular weight excluding hydrogens is 367 g/mol. The van der Waals surface area contributed by atoms with Crippen LogP contribution in [0.1, 0.15) is 16.7 Å². The first-order valence-corrected chi connectivity index (χ1v) is 7.95. The molecule has 0 unspecified atom stereocenters. The summed E-state index contributed by atoms with van der Waals surface area (Å²) in [7, 11) is 0. The third-order valence-electron chi connectivity index (χ3n) is 3.51. The minimum absolute atomic E-state index is 0.213. The van der Waals surface area contributed by atoms with E-state index in [0.717, 1.165) is 17.7 Å². The highest BCUT2D eigenvalue weighted by atomic mass is 32.1. The van der Waals surface area contributed by atoms with Crippen molar-refractivity contribution in [2.45, 2.75) is 12.7 Å². The number of halogens is 3. The molecule has 1 heterocycles. The third-order valence-corrected chi connectivity index (χ3v) is 3.74. The number of nitrogens with one attached hydrogen (secondary N) is 2. The third kappa shape index (κ3) is 4.63. The number of ether oxygens (including phenoxy) is 2. The molecule has 26 heavy (non-hydrogen) atoms. The highest BCUT2D eigenvalue weighted by Crippen LogP contribution is 2.32. The van der Waals surface area contributed by atoms with Crippen molar-refractivity contribution in [1.29, 1.82) is 0 Å². The van der Waals surface area contributed by atoms with Crippen LogP contribution in [0, 0.1) is 0 Å². The fourth-order valence-electron chi connectivity index (χ4n) is 2.20. The Morgan fingerprint density at radius 3 is 2.58 bits per heavy atom. The fourth-order valence-corrected chi connectivity index (χ4v) is 2.32. The summed E-state index contributed by atoms with van der Waals surface area (Å²) in [4.78, 5) is 0. The number of alkyl halides is 3. The van der Waals surface area contributed by atoms with Crippen LogP contribution in [0.4, 0.5) is 13.2 Å². The lowest BCUT2D eigenvalue weighted by Gasteiger charge is -2.08. The van der Waals surface area contributed by atoms with Gasteiger partial charge in [0.25, 0.3) is 0 Å². The number of fused-ring (bicyclic) bond motifs is 1. The summed E-state index contributed by atoms with van der Waals surface area (Å²) in [6, 6.07) is 10.2. The Labute approximate surface area is 152 Å². The maximum atomic E-state index is 12.5. The molecule has 0 atom stereocenters. The molecule has 0 saturated heterocycles. The van der Waals surface area contributed by atoms with Crippen LogP contribution in [0.2, 0.25) is 0 Å². The molecule has 1 aliphatic rings. The largest absolute Gasteiger partial charge is 0.454 e. The molecule has 0 radical (unpaired) electrons. The molecule has 1 aliphatic heterocycles. The van der Waals surface area contributed by atoms with Crippen LogP contribution < -0.4 is 20.2 Å². The van der Waals surface area contributed by atoms with Crippen molar-refractivity contribution in [2.75, 3.05) is 6.79 Å². The average Bonchev–Trinajstić information content (AvgIpc) is 3.07. The van der Waals surface area contributed by atoms with Crippen molar-refractivity contribution < 1.29 is 22.6 Å². The van der Waals surface area contributed by atoms with Gasteiger partial charge in [0.05, 0.1) is 11.8 Å². The molecule has 0 fully saturated rings. The first kappa shape index (κ1) is 18.0. The first-order chi connectivity index (χ1) is 12.4. The average molecular weight is 381 g/mol. The van der Waals surface area contributed by atoms with Crippen LogP contribution in [-0.4, -0.2) is 18.1 Å². The van der Waals surface area contributed by atoms with Gasteiger partial charge in [-0.2, -0.15) is 18.3 Å². The van der Waals surface area contributed by atoms with Gasteiger partial charge in [-0.15, -0.1) is 0 Å². The molecule has 5 nitrogen and oxygen atoms in total. The van der Waals surface area contributed by atoms with Gasteiger partial charge in [0.2, 0.25) is 6.79 Å². The molecular formula is C17H14F3N3O2S. The van der Waals surface area contributed by atoms with E-state index < -0.39 is 11.7 Å². The first-order valence-electron chi connectivity index (χ1n) is 7.54. The molecule has 3 rings (SSSR count). The zero-order valence-electron chi connectivity index (χ0n) is 13.3. The normalized spacial score (nSPS) is 13.0. The smallest absolute Gasteiger partial charge is 0.416 e. The van der Waals surface area contributed by atoms with E-state index in [9.17, 15) is 13.2 Å². The summed E-state index contributed by atoms with van der Waals surface area (Å²) < 4.78 is 48.0. The van der Waals surface area contributed by atoms with Crippen LogP contribution in [0.15, 0.2) is 47.6 Å². The number of nitrogens with zero attached hydrogens (tertiary/aromatic N) is 1. The standard InChI is InChI=1S/C17H14F3N3O2S/c18-17(19,20)13-4-1-11(2-5-13)9-22-23-16(26)21-8-12-3-6-14-15(7-12)25-10-24-14/h1-7,9H,8,10H2,(H2,21,23,26)/b22-9-. The molecule has 0 aliphatic carbocycles. The van der Waals surface area contributed by atoms with E-state index in [1.165, 1.54) is 18.3 Å². The van der Waals surface area contributed by atoms with Crippen LogP contribution in [0.25, 0.3) is 0 Å². The molecule has 2 aromatic carbocycles. The highest BCUT2D eigenvalue weighted by molar-refractivity contribution is 7.80. The van der Waals surface area contributed by atoms with Gasteiger partial charge in [0.15, 0.2) is 16.6 Å². The van der Waals surface area contributed by atoms with Gasteiger partial charge >= 0.3 is 6.18 Å². The van der Waals surface area contributed by atoms with E-state index in [4.69, 9.17) is 21.7 Å². The number of hydrogen-bond donors (Lipinski definition) is 2. The SMILES string of the molecule is FC(F)(F)c1ccc(/C=N\NC(=S)NCc2ccc3c(c2)OCO3)cc1. The second kappa shape index (κ2) is 7.61. The summed E-state index contributed by atoms with van der Waals surface area (Å²) in [5.74, 6) is 1.39. The number of hydrazone groups is 1. The zero-order chi connectivity index (χ0) is 18.6.